The largest absolute Gasteiger partial charge is 0.490 e. The maximum atomic E-state index is 12.9. The summed E-state index contributed by atoms with van der Waals surface area (Å²) in [6, 6.07) is 15.1. The molecule has 7 nitrogen and oxygen atoms in total. The fourth-order valence-corrected chi connectivity index (χ4v) is 4.51. The van der Waals surface area contributed by atoms with Crippen molar-refractivity contribution >= 4 is 23.4 Å². The van der Waals surface area contributed by atoms with Gasteiger partial charge in [0.15, 0.2) is 5.69 Å². The van der Waals surface area contributed by atoms with Gasteiger partial charge in [0, 0.05) is 23.8 Å². The molecule has 1 amide bonds. The number of fused-ring (bicyclic) bond motifs is 3. The molecule has 1 aliphatic heterocycles. The second kappa shape index (κ2) is 11.2. The van der Waals surface area contributed by atoms with Crippen molar-refractivity contribution in [1.29, 1.82) is 0 Å². The van der Waals surface area contributed by atoms with Crippen LogP contribution in [-0.2, 0) is 4.79 Å². The molecule has 0 spiro atoms. The van der Waals surface area contributed by atoms with E-state index in [1.165, 1.54) is 6.92 Å². The highest BCUT2D eigenvalue weighted by Crippen LogP contribution is 2.43. The number of benzene rings is 2. The molecule has 34 heavy (non-hydrogen) atoms. The Morgan fingerprint density at radius 2 is 1.97 bits per heavy atom. The number of hydrogen-bond donors (Lipinski definition) is 0. The fraction of sp³-hybridized carbons (Fsp3) is 0.308. The smallest absolute Gasteiger partial charge is 0.247 e. The lowest BCUT2D eigenvalue weighted by Gasteiger charge is -2.30. The van der Waals surface area contributed by atoms with E-state index in [0.717, 1.165) is 36.1 Å². The molecule has 0 unspecified atom stereocenters. The van der Waals surface area contributed by atoms with Crippen LogP contribution in [0.15, 0.2) is 66.3 Å². The molecule has 176 valence electrons. The quantitative estimate of drug-likeness (QED) is 0.218. The van der Waals surface area contributed by atoms with Gasteiger partial charge in [-0.05, 0) is 36.8 Å². The van der Waals surface area contributed by atoms with Gasteiger partial charge in [-0.1, -0.05) is 62.4 Å². The topological polar surface area (TPSA) is 77.4 Å². The molecular weight excluding hydrogens is 448 g/mol. The van der Waals surface area contributed by atoms with Crippen molar-refractivity contribution in [3.63, 3.8) is 0 Å². The van der Waals surface area contributed by atoms with Crippen LogP contribution < -0.4 is 14.4 Å². The zero-order valence-corrected chi connectivity index (χ0v) is 20.3. The molecule has 1 aromatic heterocycles. The molecule has 2 heterocycles. The van der Waals surface area contributed by atoms with Crippen molar-refractivity contribution in [3.05, 3.63) is 66.7 Å². The highest BCUT2D eigenvalue weighted by atomic mass is 32.2. The fourth-order valence-electron chi connectivity index (χ4n) is 3.73. The first-order valence-electron chi connectivity index (χ1n) is 11.4. The molecule has 0 bridgehead atoms. The maximum absolute atomic E-state index is 12.9. The van der Waals surface area contributed by atoms with Crippen LogP contribution in [0.3, 0.4) is 0 Å². The van der Waals surface area contributed by atoms with E-state index in [2.05, 4.69) is 23.7 Å². The van der Waals surface area contributed by atoms with Gasteiger partial charge in [0.25, 0.3) is 0 Å². The predicted octanol–water partition coefficient (Wildman–Crippen LogP) is 5.83. The number of thioether (sulfide) groups is 1. The van der Waals surface area contributed by atoms with Crippen LogP contribution in [0.2, 0.25) is 0 Å². The summed E-state index contributed by atoms with van der Waals surface area (Å²) in [5, 5.41) is 9.36. The van der Waals surface area contributed by atoms with Crippen LogP contribution in [0, 0.1) is 0 Å². The third kappa shape index (κ3) is 5.22. The van der Waals surface area contributed by atoms with Gasteiger partial charge in [0.2, 0.25) is 23.2 Å². The van der Waals surface area contributed by atoms with Gasteiger partial charge in [-0.15, -0.1) is 10.2 Å². The van der Waals surface area contributed by atoms with Crippen molar-refractivity contribution < 1.29 is 14.3 Å². The van der Waals surface area contributed by atoms with Gasteiger partial charge in [0.05, 0.1) is 5.69 Å². The van der Waals surface area contributed by atoms with E-state index in [-0.39, 0.29) is 5.91 Å². The number of aromatic nitrogens is 3. The van der Waals surface area contributed by atoms with E-state index in [1.807, 2.05) is 48.5 Å². The molecule has 4 rings (SSSR count). The SMILES string of the molecule is C=CCOc1ccc([C@@H]2Oc3nc(SCCCCC)nnc3-c3ccccc3N2C(C)=O)cc1. The Labute approximate surface area is 204 Å². The van der Waals surface area contributed by atoms with Crippen molar-refractivity contribution in [2.24, 2.45) is 0 Å². The number of para-hydroxylation sites is 1. The van der Waals surface area contributed by atoms with E-state index >= 15 is 0 Å². The number of ether oxygens (including phenoxy) is 2. The van der Waals surface area contributed by atoms with E-state index in [1.54, 1.807) is 22.7 Å². The van der Waals surface area contributed by atoms with Gasteiger partial charge >= 0.3 is 0 Å². The Bertz CT molecular complexity index is 1150. The minimum atomic E-state index is -0.719. The summed E-state index contributed by atoms with van der Waals surface area (Å²) in [5.74, 6) is 1.84. The average molecular weight is 477 g/mol. The van der Waals surface area contributed by atoms with E-state index < -0.39 is 6.23 Å². The van der Waals surface area contributed by atoms with Crippen molar-refractivity contribution in [2.45, 2.75) is 44.5 Å². The lowest BCUT2D eigenvalue weighted by Crippen LogP contribution is -2.36. The average Bonchev–Trinajstić information content (AvgIpc) is 3.00. The molecule has 2 aromatic carbocycles. The number of anilines is 1. The molecular formula is C26H28N4O3S. The Hall–Kier alpha value is -3.39. The molecule has 0 saturated carbocycles. The van der Waals surface area contributed by atoms with Crippen LogP contribution >= 0.6 is 11.8 Å². The number of hydrogen-bond acceptors (Lipinski definition) is 7. The van der Waals surface area contributed by atoms with Crippen LogP contribution in [0.4, 0.5) is 5.69 Å². The number of rotatable bonds is 9. The lowest BCUT2D eigenvalue weighted by atomic mass is 10.1. The number of carbonyl (C=O) groups is 1. The molecule has 3 aromatic rings. The Morgan fingerprint density at radius 3 is 2.71 bits per heavy atom. The number of unbranched alkanes of at least 4 members (excludes halogenated alkanes) is 2. The van der Waals surface area contributed by atoms with Crippen LogP contribution in [0.25, 0.3) is 11.3 Å². The zero-order chi connectivity index (χ0) is 23.9. The monoisotopic (exact) mass is 476 g/mol. The Balaban J connectivity index is 1.74. The molecule has 0 N–H and O–H groups in total. The highest BCUT2D eigenvalue weighted by molar-refractivity contribution is 7.99. The van der Waals surface area contributed by atoms with Crippen LogP contribution in [-0.4, -0.2) is 33.4 Å². The Morgan fingerprint density at radius 1 is 1.18 bits per heavy atom. The normalized spacial score (nSPS) is 14.4. The summed E-state index contributed by atoms with van der Waals surface area (Å²) in [4.78, 5) is 19.2. The van der Waals surface area contributed by atoms with Crippen molar-refractivity contribution in [2.75, 3.05) is 17.3 Å². The summed E-state index contributed by atoms with van der Waals surface area (Å²) in [6.45, 7) is 7.80. The van der Waals surface area contributed by atoms with Gasteiger partial charge in [-0.2, -0.15) is 4.98 Å². The van der Waals surface area contributed by atoms with Gasteiger partial charge in [-0.3, -0.25) is 9.69 Å². The second-order valence-electron chi connectivity index (χ2n) is 7.85. The summed E-state index contributed by atoms with van der Waals surface area (Å²) in [7, 11) is 0. The Kier molecular flexibility index (Phi) is 7.80. The molecule has 0 fully saturated rings. The third-order valence-electron chi connectivity index (χ3n) is 5.36. The third-order valence-corrected chi connectivity index (χ3v) is 6.29. The minimum Gasteiger partial charge on any atom is -0.490 e. The predicted molar refractivity (Wildman–Crippen MR) is 134 cm³/mol. The summed E-state index contributed by atoms with van der Waals surface area (Å²) >= 11 is 1.57. The first kappa shape index (κ1) is 23.8. The summed E-state index contributed by atoms with van der Waals surface area (Å²) in [5.41, 5.74) is 2.77. The number of carbonyl (C=O) groups excluding carboxylic acids is 1. The van der Waals surface area contributed by atoms with E-state index in [4.69, 9.17) is 14.5 Å². The first-order chi connectivity index (χ1) is 16.6. The second-order valence-corrected chi connectivity index (χ2v) is 8.91. The molecule has 1 aliphatic rings. The molecule has 1 atom stereocenters. The number of nitrogens with zero attached hydrogens (tertiary/aromatic N) is 4. The zero-order valence-electron chi connectivity index (χ0n) is 19.4. The number of amides is 1. The van der Waals surface area contributed by atoms with Gasteiger partial charge in [-0.25, -0.2) is 0 Å². The van der Waals surface area contributed by atoms with Crippen LogP contribution in [0.5, 0.6) is 11.6 Å². The van der Waals surface area contributed by atoms with Crippen molar-refractivity contribution in [3.8, 4) is 22.9 Å². The standard InChI is InChI=1S/C26H28N4O3S/c1-4-6-9-17-34-26-27-24-23(28-29-26)21-10-7-8-11-22(21)30(18(3)31)25(33-24)19-12-14-20(15-13-19)32-16-5-2/h5,7-8,10-15,25H,2,4,6,9,16-17H2,1,3H3/t25-/m0/s1. The summed E-state index contributed by atoms with van der Waals surface area (Å²) < 4.78 is 12.0. The molecule has 0 saturated heterocycles. The molecule has 0 aliphatic carbocycles. The first-order valence-corrected chi connectivity index (χ1v) is 12.4. The van der Waals surface area contributed by atoms with Gasteiger partial charge in [0.1, 0.15) is 12.4 Å². The lowest BCUT2D eigenvalue weighted by molar-refractivity contribution is -0.118. The highest BCUT2D eigenvalue weighted by Gasteiger charge is 2.34. The molecule has 0 radical (unpaired) electrons. The van der Waals surface area contributed by atoms with Gasteiger partial charge < -0.3 is 9.47 Å². The van der Waals surface area contributed by atoms with E-state index in [0.29, 0.717) is 34.8 Å². The van der Waals surface area contributed by atoms with Crippen LogP contribution in [0.1, 0.15) is 44.9 Å². The summed E-state index contributed by atoms with van der Waals surface area (Å²) in [6.07, 6.45) is 4.38. The van der Waals surface area contributed by atoms with Crippen molar-refractivity contribution in [1.82, 2.24) is 15.2 Å². The molecule has 8 heteroatoms. The minimum absolute atomic E-state index is 0.153. The maximum Gasteiger partial charge on any atom is 0.247 e. The van der Waals surface area contributed by atoms with E-state index in [9.17, 15) is 4.79 Å².